The number of nitrogens with one attached hydrogen (secondary N) is 4. The number of carbonyl (C=O) groups excluding carboxylic acids is 2. The number of amides is 2. The van der Waals surface area contributed by atoms with Crippen molar-refractivity contribution in [3.63, 3.8) is 0 Å². The predicted molar refractivity (Wildman–Crippen MR) is 115 cm³/mol. The summed E-state index contributed by atoms with van der Waals surface area (Å²) < 4.78 is 4.86. The highest BCUT2D eigenvalue weighted by molar-refractivity contribution is 8.00. The minimum atomic E-state index is -0.292. The van der Waals surface area contributed by atoms with E-state index in [-0.39, 0.29) is 23.3 Å². The lowest BCUT2D eigenvalue weighted by Gasteiger charge is -2.16. The van der Waals surface area contributed by atoms with E-state index in [0.717, 1.165) is 23.2 Å². The van der Waals surface area contributed by atoms with Gasteiger partial charge in [-0.25, -0.2) is 0 Å². The van der Waals surface area contributed by atoms with Crippen LogP contribution in [0.1, 0.15) is 23.8 Å². The number of para-hydroxylation sites is 1. The number of thioether (sulfide) groups is 1. The number of hydrogen-bond acceptors (Lipinski definition) is 6. The number of benzene rings is 1. The molecule has 0 fully saturated rings. The fourth-order valence-corrected chi connectivity index (χ4v) is 3.12. The van der Waals surface area contributed by atoms with Crippen molar-refractivity contribution in [3.8, 4) is 0 Å². The molecule has 10 heteroatoms. The van der Waals surface area contributed by atoms with Crippen molar-refractivity contribution in [2.45, 2.75) is 27.2 Å². The first kappa shape index (κ1) is 21.7. The van der Waals surface area contributed by atoms with Crippen molar-refractivity contribution in [3.05, 3.63) is 41.2 Å². The van der Waals surface area contributed by atoms with Gasteiger partial charge in [-0.15, -0.1) is 11.8 Å². The zero-order chi connectivity index (χ0) is 20.5. The lowest BCUT2D eigenvalue weighted by Crippen LogP contribution is -2.44. The molecule has 0 atom stereocenters. The van der Waals surface area contributed by atoms with Crippen LogP contribution in [0.2, 0.25) is 0 Å². The van der Waals surface area contributed by atoms with Crippen molar-refractivity contribution in [2.75, 3.05) is 22.1 Å². The molecular weight excluding hydrogens is 398 g/mol. The Morgan fingerprint density at radius 1 is 1.14 bits per heavy atom. The molecule has 150 valence electrons. The molecule has 0 bridgehead atoms. The van der Waals surface area contributed by atoms with Crippen molar-refractivity contribution < 1.29 is 14.1 Å². The third kappa shape index (κ3) is 6.86. The van der Waals surface area contributed by atoms with E-state index in [0.29, 0.717) is 16.7 Å². The average Bonchev–Trinajstić information content (AvgIpc) is 3.06. The van der Waals surface area contributed by atoms with Crippen molar-refractivity contribution in [1.29, 1.82) is 0 Å². The second kappa shape index (κ2) is 10.7. The Labute approximate surface area is 173 Å². The summed E-state index contributed by atoms with van der Waals surface area (Å²) in [5, 5.41) is 9.66. The predicted octanol–water partition coefficient (Wildman–Crippen LogP) is 2.54. The van der Waals surface area contributed by atoms with Gasteiger partial charge in [0.05, 0.1) is 11.5 Å². The number of nitrogens with zero attached hydrogens (tertiary/aromatic N) is 1. The van der Waals surface area contributed by atoms with Gasteiger partial charge in [-0.3, -0.25) is 20.4 Å². The molecule has 0 aliphatic rings. The molecule has 0 saturated heterocycles. The fraction of sp³-hybridized carbons (Fsp3) is 0.333. The number of rotatable bonds is 7. The van der Waals surface area contributed by atoms with E-state index in [1.807, 2.05) is 25.1 Å². The van der Waals surface area contributed by atoms with Gasteiger partial charge < -0.3 is 15.2 Å². The number of aromatic nitrogens is 1. The molecule has 1 aromatic carbocycles. The Balaban J connectivity index is 1.68. The van der Waals surface area contributed by atoms with E-state index in [1.54, 1.807) is 13.0 Å². The Kier molecular flexibility index (Phi) is 8.27. The summed E-state index contributed by atoms with van der Waals surface area (Å²) in [7, 11) is 0. The van der Waals surface area contributed by atoms with Crippen LogP contribution in [0.3, 0.4) is 0 Å². The summed E-state index contributed by atoms with van der Waals surface area (Å²) >= 11 is 6.40. The molecular formula is C18H23N5O3S2. The van der Waals surface area contributed by atoms with Crippen LogP contribution in [-0.4, -0.2) is 33.6 Å². The van der Waals surface area contributed by atoms with Crippen molar-refractivity contribution >= 4 is 52.4 Å². The number of thiocarbonyl (C=S) groups is 1. The molecule has 2 rings (SSSR count). The molecule has 2 amide bonds. The van der Waals surface area contributed by atoms with Crippen LogP contribution in [0.25, 0.3) is 0 Å². The molecule has 8 nitrogen and oxygen atoms in total. The summed E-state index contributed by atoms with van der Waals surface area (Å²) in [6, 6.07) is 7.63. The van der Waals surface area contributed by atoms with E-state index in [9.17, 15) is 9.59 Å². The zero-order valence-corrected chi connectivity index (χ0v) is 17.6. The summed E-state index contributed by atoms with van der Waals surface area (Å²) in [6.07, 6.45) is 0.867. The summed E-state index contributed by atoms with van der Waals surface area (Å²) in [5.41, 5.74) is 8.33. The summed E-state index contributed by atoms with van der Waals surface area (Å²) in [5.74, 6) is 0.627. The molecule has 0 aliphatic heterocycles. The van der Waals surface area contributed by atoms with Gasteiger partial charge in [-0.1, -0.05) is 30.3 Å². The Morgan fingerprint density at radius 2 is 1.89 bits per heavy atom. The van der Waals surface area contributed by atoms with Gasteiger partial charge in [0, 0.05) is 11.8 Å². The molecule has 0 radical (unpaired) electrons. The zero-order valence-electron chi connectivity index (χ0n) is 15.9. The highest BCUT2D eigenvalue weighted by Crippen LogP contribution is 2.20. The standard InChI is InChI=1S/C18H23N5O3S2/c1-4-13-7-5-6-11(2)17(13)20-18(27)22-21-16(25)10-28-9-15(24)19-14-8-12(3)26-23-14/h5-8H,4,9-10H2,1-3H3,(H,21,25)(H,19,23,24)(H2,20,22,27). The van der Waals surface area contributed by atoms with Crippen LogP contribution in [0.4, 0.5) is 11.5 Å². The minimum Gasteiger partial charge on any atom is -0.360 e. The SMILES string of the molecule is CCc1cccc(C)c1NC(=S)NNC(=O)CSCC(=O)Nc1cc(C)on1. The Hall–Kier alpha value is -2.59. The normalized spacial score (nSPS) is 10.2. The van der Waals surface area contributed by atoms with Crippen LogP contribution in [0.15, 0.2) is 28.8 Å². The van der Waals surface area contributed by atoms with Crippen LogP contribution >= 0.6 is 24.0 Å². The number of carbonyl (C=O) groups is 2. The first-order chi connectivity index (χ1) is 13.4. The van der Waals surface area contributed by atoms with Gasteiger partial charge in [0.1, 0.15) is 5.76 Å². The maximum Gasteiger partial charge on any atom is 0.248 e. The molecule has 0 aliphatic carbocycles. The quantitative estimate of drug-likeness (QED) is 0.399. The first-order valence-corrected chi connectivity index (χ1v) is 10.2. The number of aryl methyl sites for hydroxylation is 3. The van der Waals surface area contributed by atoms with Crippen LogP contribution in [0, 0.1) is 13.8 Å². The second-order valence-electron chi connectivity index (χ2n) is 5.95. The van der Waals surface area contributed by atoms with Gasteiger partial charge in [-0.2, -0.15) is 0 Å². The van der Waals surface area contributed by atoms with Crippen molar-refractivity contribution in [1.82, 2.24) is 16.0 Å². The number of hydrogen-bond donors (Lipinski definition) is 4. The largest absolute Gasteiger partial charge is 0.360 e. The molecule has 0 spiro atoms. The maximum absolute atomic E-state index is 11.9. The molecule has 1 aromatic heterocycles. The monoisotopic (exact) mass is 421 g/mol. The number of anilines is 2. The van der Waals surface area contributed by atoms with Crippen LogP contribution < -0.4 is 21.5 Å². The van der Waals surface area contributed by atoms with Gasteiger partial charge in [0.25, 0.3) is 0 Å². The van der Waals surface area contributed by atoms with Gasteiger partial charge in [-0.05, 0) is 43.6 Å². The smallest absolute Gasteiger partial charge is 0.248 e. The summed E-state index contributed by atoms with van der Waals surface area (Å²) in [4.78, 5) is 23.7. The van der Waals surface area contributed by atoms with E-state index in [4.69, 9.17) is 16.7 Å². The summed E-state index contributed by atoms with van der Waals surface area (Å²) in [6.45, 7) is 5.79. The van der Waals surface area contributed by atoms with Crippen molar-refractivity contribution in [2.24, 2.45) is 0 Å². The van der Waals surface area contributed by atoms with E-state index in [1.165, 1.54) is 11.8 Å². The number of hydrazine groups is 1. The van der Waals surface area contributed by atoms with Crippen LogP contribution in [-0.2, 0) is 16.0 Å². The first-order valence-electron chi connectivity index (χ1n) is 8.64. The van der Waals surface area contributed by atoms with Crippen LogP contribution in [0.5, 0.6) is 0 Å². The van der Waals surface area contributed by atoms with E-state index >= 15 is 0 Å². The molecule has 28 heavy (non-hydrogen) atoms. The third-order valence-electron chi connectivity index (χ3n) is 3.66. The Bertz CT molecular complexity index is 853. The molecule has 0 unspecified atom stereocenters. The van der Waals surface area contributed by atoms with E-state index < -0.39 is 0 Å². The third-order valence-corrected chi connectivity index (χ3v) is 4.79. The Morgan fingerprint density at radius 3 is 2.57 bits per heavy atom. The molecule has 2 aromatic rings. The lowest BCUT2D eigenvalue weighted by atomic mass is 10.1. The average molecular weight is 422 g/mol. The topological polar surface area (TPSA) is 108 Å². The van der Waals surface area contributed by atoms with Gasteiger partial charge in [0.2, 0.25) is 11.8 Å². The van der Waals surface area contributed by atoms with E-state index in [2.05, 4.69) is 33.6 Å². The molecule has 1 heterocycles. The maximum atomic E-state index is 11.9. The lowest BCUT2D eigenvalue weighted by molar-refractivity contribution is -0.119. The molecule has 4 N–H and O–H groups in total. The minimum absolute atomic E-state index is 0.103. The highest BCUT2D eigenvalue weighted by atomic mass is 32.2. The van der Waals surface area contributed by atoms with Gasteiger partial charge >= 0.3 is 0 Å². The second-order valence-corrected chi connectivity index (χ2v) is 7.35. The molecule has 0 saturated carbocycles. The fourth-order valence-electron chi connectivity index (χ4n) is 2.35. The van der Waals surface area contributed by atoms with Gasteiger partial charge in [0.15, 0.2) is 10.9 Å². The highest BCUT2D eigenvalue weighted by Gasteiger charge is 2.10.